The number of nitrogens with one attached hydrogen (secondary N) is 3. The molecule has 5 aromatic heterocycles. The van der Waals surface area contributed by atoms with Crippen molar-refractivity contribution in [3.8, 4) is 22.6 Å². The van der Waals surface area contributed by atoms with Crippen molar-refractivity contribution in [3.05, 3.63) is 49.1 Å². The van der Waals surface area contributed by atoms with E-state index in [1.54, 1.807) is 18.6 Å². The van der Waals surface area contributed by atoms with Crippen molar-refractivity contribution < 1.29 is 4.79 Å². The fraction of sp³-hybridized carbons (Fsp3) is 0.321. The van der Waals surface area contributed by atoms with Crippen LogP contribution in [0.5, 0.6) is 0 Å². The highest BCUT2D eigenvalue weighted by Crippen LogP contribution is 2.33. The fourth-order valence-corrected chi connectivity index (χ4v) is 4.93. The topological polar surface area (TPSA) is 119 Å². The second-order valence-corrected chi connectivity index (χ2v) is 9.87. The van der Waals surface area contributed by atoms with E-state index in [-0.39, 0.29) is 5.91 Å². The van der Waals surface area contributed by atoms with E-state index in [0.29, 0.717) is 12.1 Å². The Hall–Kier alpha value is -4.31. The number of fused-ring (bicyclic) bond motifs is 2. The Bertz CT molecular complexity index is 1600. The summed E-state index contributed by atoms with van der Waals surface area (Å²) in [5.41, 5.74) is 5.86. The lowest BCUT2D eigenvalue weighted by atomic mass is 10.1. The lowest BCUT2D eigenvalue weighted by molar-refractivity contribution is -0.116. The van der Waals surface area contributed by atoms with Crippen LogP contribution in [0.4, 0.5) is 11.5 Å². The molecule has 1 saturated heterocycles. The van der Waals surface area contributed by atoms with E-state index in [0.717, 1.165) is 89.3 Å². The molecule has 6 rings (SSSR count). The van der Waals surface area contributed by atoms with Gasteiger partial charge in [0, 0.05) is 61.3 Å². The molecule has 10 heteroatoms. The summed E-state index contributed by atoms with van der Waals surface area (Å²) in [5.74, 6) is 1.000. The molecule has 0 atom stereocenters. The zero-order chi connectivity index (χ0) is 26.1. The van der Waals surface area contributed by atoms with Gasteiger partial charge >= 0.3 is 0 Å². The van der Waals surface area contributed by atoms with Crippen LogP contribution in [-0.4, -0.2) is 74.2 Å². The third kappa shape index (κ3) is 4.70. The number of pyridine rings is 3. The number of piperazine rings is 1. The van der Waals surface area contributed by atoms with Crippen LogP contribution >= 0.6 is 0 Å². The first-order valence-corrected chi connectivity index (χ1v) is 13.1. The highest BCUT2D eigenvalue weighted by Gasteiger charge is 2.20. The van der Waals surface area contributed by atoms with Crippen molar-refractivity contribution >= 4 is 39.2 Å². The van der Waals surface area contributed by atoms with Crippen LogP contribution in [0.2, 0.25) is 0 Å². The van der Waals surface area contributed by atoms with Gasteiger partial charge in [-0.15, -0.1) is 0 Å². The number of hydrogen-bond acceptors (Lipinski definition) is 7. The maximum absolute atomic E-state index is 12.2. The third-order valence-corrected chi connectivity index (χ3v) is 7.11. The molecular weight excluding hydrogens is 478 g/mol. The van der Waals surface area contributed by atoms with Crippen LogP contribution < -0.4 is 10.2 Å². The number of anilines is 2. The van der Waals surface area contributed by atoms with E-state index < -0.39 is 0 Å². The molecule has 0 aromatic carbocycles. The number of nitrogens with zero attached hydrogens (tertiary/aromatic N) is 6. The maximum Gasteiger partial charge on any atom is 0.224 e. The molecule has 38 heavy (non-hydrogen) atoms. The second-order valence-electron chi connectivity index (χ2n) is 9.87. The number of hydrogen-bond donors (Lipinski definition) is 3. The molecule has 0 radical (unpaired) electrons. The number of amides is 1. The Morgan fingerprint density at radius 1 is 1.03 bits per heavy atom. The minimum Gasteiger partial charge on any atom is -0.353 e. The lowest BCUT2D eigenvalue weighted by Crippen LogP contribution is -2.44. The summed E-state index contributed by atoms with van der Waals surface area (Å²) in [6.07, 6.45) is 9.40. The van der Waals surface area contributed by atoms with Crippen molar-refractivity contribution in [1.29, 1.82) is 0 Å². The summed E-state index contributed by atoms with van der Waals surface area (Å²) in [6, 6.07) is 8.06. The van der Waals surface area contributed by atoms with Crippen LogP contribution in [0.3, 0.4) is 0 Å². The summed E-state index contributed by atoms with van der Waals surface area (Å²) in [4.78, 5) is 34.1. The van der Waals surface area contributed by atoms with Crippen LogP contribution in [0, 0.1) is 0 Å². The SMILES string of the molecule is CCCCC(=O)Nc1cncc(-c2cc3c(-c4cc5c(N6CCN(C)CC6)nccc5[nH]4)n[nH]c3cn2)c1. The molecule has 0 aliphatic carbocycles. The molecule has 194 valence electrons. The van der Waals surface area contributed by atoms with E-state index in [1.807, 2.05) is 24.4 Å². The first-order chi connectivity index (χ1) is 18.6. The normalized spacial score (nSPS) is 14.4. The highest BCUT2D eigenvalue weighted by atomic mass is 16.1. The van der Waals surface area contributed by atoms with Gasteiger partial charge in [-0.1, -0.05) is 13.3 Å². The van der Waals surface area contributed by atoms with Crippen molar-refractivity contribution in [1.82, 2.24) is 35.0 Å². The first kappa shape index (κ1) is 24.1. The standard InChI is InChI=1S/C28H31N9O/c1-3-4-5-26(38)32-19-12-18(15-29-16-19)23-13-20-25(17-31-23)34-35-27(20)24-14-21-22(33-24)6-7-30-28(21)37-10-8-36(2)9-11-37/h6-7,12-17,33H,3-5,8-11H2,1-2H3,(H,32,38)(H,34,35). The van der Waals surface area contributed by atoms with E-state index in [4.69, 9.17) is 4.98 Å². The number of H-pyrrole nitrogens is 2. The molecule has 0 saturated carbocycles. The summed E-state index contributed by atoms with van der Waals surface area (Å²) >= 11 is 0. The second kappa shape index (κ2) is 10.2. The Labute approximate surface area is 220 Å². The van der Waals surface area contributed by atoms with Crippen molar-refractivity contribution in [2.24, 2.45) is 0 Å². The monoisotopic (exact) mass is 509 g/mol. The molecule has 1 aliphatic rings. The fourth-order valence-electron chi connectivity index (χ4n) is 4.93. The molecule has 0 spiro atoms. The zero-order valence-corrected chi connectivity index (χ0v) is 21.7. The van der Waals surface area contributed by atoms with Crippen LogP contribution in [0.15, 0.2) is 49.1 Å². The van der Waals surface area contributed by atoms with E-state index in [9.17, 15) is 4.79 Å². The largest absolute Gasteiger partial charge is 0.353 e. The molecular formula is C28H31N9O. The van der Waals surface area contributed by atoms with Crippen molar-refractivity contribution in [2.45, 2.75) is 26.2 Å². The summed E-state index contributed by atoms with van der Waals surface area (Å²) in [7, 11) is 2.15. The number of aromatic amines is 2. The molecule has 1 aliphatic heterocycles. The smallest absolute Gasteiger partial charge is 0.224 e. The van der Waals surface area contributed by atoms with Gasteiger partial charge in [0.2, 0.25) is 5.91 Å². The Balaban J connectivity index is 1.33. The number of likely N-dealkylation sites (N-methyl/N-ethyl adjacent to an activating group) is 1. The highest BCUT2D eigenvalue weighted by molar-refractivity contribution is 5.99. The van der Waals surface area contributed by atoms with Crippen molar-refractivity contribution in [3.63, 3.8) is 0 Å². The summed E-state index contributed by atoms with van der Waals surface area (Å²) in [5, 5.41) is 12.7. The molecule has 0 unspecified atom stereocenters. The quantitative estimate of drug-likeness (QED) is 0.297. The van der Waals surface area contributed by atoms with Gasteiger partial charge in [0.1, 0.15) is 11.5 Å². The van der Waals surface area contributed by atoms with Crippen LogP contribution in [-0.2, 0) is 4.79 Å². The number of carbonyl (C=O) groups excluding carboxylic acids is 1. The Kier molecular flexibility index (Phi) is 6.47. The number of carbonyl (C=O) groups is 1. The van der Waals surface area contributed by atoms with Gasteiger partial charge < -0.3 is 20.1 Å². The average molecular weight is 510 g/mol. The molecule has 1 fully saturated rings. The van der Waals surface area contributed by atoms with Crippen molar-refractivity contribution in [2.75, 3.05) is 43.4 Å². The van der Waals surface area contributed by atoms with E-state index in [2.05, 4.69) is 60.3 Å². The van der Waals surface area contributed by atoms with Crippen LogP contribution in [0.25, 0.3) is 44.5 Å². The van der Waals surface area contributed by atoms with E-state index >= 15 is 0 Å². The van der Waals surface area contributed by atoms with E-state index in [1.165, 1.54) is 0 Å². The average Bonchev–Trinajstić information content (AvgIpc) is 3.56. The zero-order valence-electron chi connectivity index (χ0n) is 21.7. The van der Waals surface area contributed by atoms with Gasteiger partial charge in [0.15, 0.2) is 0 Å². The van der Waals surface area contributed by atoms with Gasteiger partial charge in [-0.3, -0.25) is 19.9 Å². The predicted molar refractivity (Wildman–Crippen MR) is 150 cm³/mol. The molecule has 10 nitrogen and oxygen atoms in total. The number of rotatable bonds is 7. The van der Waals surface area contributed by atoms with Crippen LogP contribution in [0.1, 0.15) is 26.2 Å². The predicted octanol–water partition coefficient (Wildman–Crippen LogP) is 4.44. The molecule has 3 N–H and O–H groups in total. The molecule has 6 heterocycles. The van der Waals surface area contributed by atoms with Gasteiger partial charge in [0.25, 0.3) is 0 Å². The van der Waals surface area contributed by atoms with Gasteiger partial charge in [0.05, 0.1) is 40.5 Å². The Morgan fingerprint density at radius 3 is 2.74 bits per heavy atom. The number of aromatic nitrogens is 6. The Morgan fingerprint density at radius 2 is 1.89 bits per heavy atom. The molecule has 1 amide bonds. The summed E-state index contributed by atoms with van der Waals surface area (Å²) in [6.45, 7) is 6.02. The lowest BCUT2D eigenvalue weighted by Gasteiger charge is -2.33. The minimum atomic E-state index is -0.00410. The summed E-state index contributed by atoms with van der Waals surface area (Å²) < 4.78 is 0. The maximum atomic E-state index is 12.2. The first-order valence-electron chi connectivity index (χ1n) is 13.1. The number of unbranched alkanes of at least 4 members (excludes halogenated alkanes) is 1. The third-order valence-electron chi connectivity index (χ3n) is 7.11. The van der Waals surface area contributed by atoms with Gasteiger partial charge in [-0.25, -0.2) is 4.98 Å². The minimum absolute atomic E-state index is 0.00410. The molecule has 0 bridgehead atoms. The van der Waals surface area contributed by atoms with Gasteiger partial charge in [-0.05, 0) is 37.7 Å². The molecule has 5 aromatic rings. The van der Waals surface area contributed by atoms with Gasteiger partial charge in [-0.2, -0.15) is 5.10 Å².